The van der Waals surface area contributed by atoms with Gasteiger partial charge in [0, 0.05) is 6.08 Å². The minimum atomic E-state index is -0.564. The molecule has 0 aliphatic heterocycles. The quantitative estimate of drug-likeness (QED) is 0.406. The Morgan fingerprint density at radius 3 is 3.10 bits per heavy atom. The Morgan fingerprint density at radius 1 is 1.80 bits per heavy atom. The van der Waals surface area contributed by atoms with Crippen molar-refractivity contribution < 1.29 is 9.63 Å². The Kier molecular flexibility index (Phi) is 1.79. The molecule has 0 atom stereocenters. The first kappa shape index (κ1) is 6.47. The van der Waals surface area contributed by atoms with Gasteiger partial charge in [0.2, 0.25) is 0 Å². The largest absolute Gasteiger partial charge is 0.358 e. The number of carbonyl (C=O) groups excluding carboxylic acids is 1. The van der Waals surface area contributed by atoms with E-state index in [4.69, 9.17) is 0 Å². The van der Waals surface area contributed by atoms with E-state index < -0.39 is 5.97 Å². The number of carbonyl (C=O) groups is 1. The zero-order valence-corrected chi connectivity index (χ0v) is 5.10. The molecule has 0 saturated carbocycles. The lowest BCUT2D eigenvalue weighted by Crippen LogP contribution is -2.17. The topological polar surface area (TPSA) is 57.0 Å². The second kappa shape index (κ2) is 2.77. The molecule has 0 unspecified atom stereocenters. The van der Waals surface area contributed by atoms with Crippen molar-refractivity contribution in [3.63, 3.8) is 0 Å². The maximum Gasteiger partial charge on any atom is 0.358 e. The van der Waals surface area contributed by atoms with Crippen molar-refractivity contribution in [2.24, 2.45) is 0 Å². The van der Waals surface area contributed by atoms with Crippen LogP contribution in [0, 0.1) is 0 Å². The first-order valence-electron chi connectivity index (χ1n) is 2.54. The molecule has 1 rings (SSSR count). The number of hydrogen-bond donors (Lipinski definition) is 0. The predicted molar refractivity (Wildman–Crippen MR) is 31.8 cm³/mol. The van der Waals surface area contributed by atoms with Crippen molar-refractivity contribution in [3.05, 3.63) is 25.0 Å². The lowest BCUT2D eigenvalue weighted by Gasteiger charge is -1.94. The lowest BCUT2D eigenvalue weighted by molar-refractivity contribution is -0.140. The molecule has 10 heavy (non-hydrogen) atoms. The van der Waals surface area contributed by atoms with Crippen LogP contribution in [0.1, 0.15) is 0 Å². The van der Waals surface area contributed by atoms with Gasteiger partial charge in [0.1, 0.15) is 0 Å². The molecule has 52 valence electrons. The normalized spacial score (nSPS) is 8.80. The van der Waals surface area contributed by atoms with Gasteiger partial charge in [-0.1, -0.05) is 11.4 Å². The summed E-state index contributed by atoms with van der Waals surface area (Å²) in [5, 5.41) is 6.79. The Hall–Kier alpha value is -1.65. The molecule has 0 aliphatic rings. The van der Waals surface area contributed by atoms with E-state index in [0.717, 1.165) is 10.9 Å². The van der Waals surface area contributed by atoms with Gasteiger partial charge in [-0.3, -0.25) is 0 Å². The molecule has 0 fully saturated rings. The van der Waals surface area contributed by atoms with Gasteiger partial charge in [-0.25, -0.2) is 4.79 Å². The molecular formula is C5H5N3O2. The van der Waals surface area contributed by atoms with Crippen LogP contribution in [0.15, 0.2) is 25.0 Å². The number of hydrogen-bond acceptors (Lipinski definition) is 4. The third-order valence-electron chi connectivity index (χ3n) is 0.751. The first-order chi connectivity index (χ1) is 4.83. The number of aromatic nitrogens is 3. The third-order valence-corrected chi connectivity index (χ3v) is 0.751. The average Bonchev–Trinajstić information content (AvgIpc) is 2.40. The molecule has 0 aliphatic carbocycles. The van der Waals surface area contributed by atoms with Gasteiger partial charge in [-0.15, -0.1) is 5.10 Å². The first-order valence-corrected chi connectivity index (χ1v) is 2.54. The molecule has 0 aromatic carbocycles. The van der Waals surface area contributed by atoms with Crippen molar-refractivity contribution in [1.82, 2.24) is 15.2 Å². The highest BCUT2D eigenvalue weighted by Gasteiger charge is 1.96. The molecule has 0 saturated heterocycles. The van der Waals surface area contributed by atoms with E-state index in [1.165, 1.54) is 12.4 Å². The summed E-state index contributed by atoms with van der Waals surface area (Å²) in [5.74, 6) is -0.564. The van der Waals surface area contributed by atoms with E-state index >= 15 is 0 Å². The second-order valence-corrected chi connectivity index (χ2v) is 1.42. The number of nitrogens with zero attached hydrogens (tertiary/aromatic N) is 3. The van der Waals surface area contributed by atoms with E-state index in [0.29, 0.717) is 0 Å². The summed E-state index contributed by atoms with van der Waals surface area (Å²) < 4.78 is 0. The van der Waals surface area contributed by atoms with E-state index in [1.54, 1.807) is 0 Å². The van der Waals surface area contributed by atoms with Crippen LogP contribution in [0.4, 0.5) is 0 Å². The van der Waals surface area contributed by atoms with Crippen molar-refractivity contribution >= 4 is 5.97 Å². The third kappa shape index (κ3) is 1.41. The van der Waals surface area contributed by atoms with Crippen molar-refractivity contribution in [1.29, 1.82) is 0 Å². The molecule has 0 N–H and O–H groups in total. The molecule has 0 spiro atoms. The smallest absolute Gasteiger partial charge is 0.313 e. The van der Waals surface area contributed by atoms with E-state index in [-0.39, 0.29) is 0 Å². The molecule has 0 radical (unpaired) electrons. The van der Waals surface area contributed by atoms with Crippen LogP contribution in [0.5, 0.6) is 0 Å². The van der Waals surface area contributed by atoms with Crippen molar-refractivity contribution in [2.45, 2.75) is 0 Å². The summed E-state index contributed by atoms with van der Waals surface area (Å²) in [6.07, 6.45) is 3.85. The highest BCUT2D eigenvalue weighted by molar-refractivity contribution is 5.81. The minimum absolute atomic E-state index is 0.564. The van der Waals surface area contributed by atoms with Crippen LogP contribution < -0.4 is 4.84 Å². The summed E-state index contributed by atoms with van der Waals surface area (Å²) in [4.78, 5) is 15.9. The van der Waals surface area contributed by atoms with Crippen molar-refractivity contribution in [3.8, 4) is 0 Å². The SMILES string of the molecule is C=CC(=O)On1ccnn1. The lowest BCUT2D eigenvalue weighted by atomic mass is 10.7. The van der Waals surface area contributed by atoms with Gasteiger partial charge in [-0.2, -0.15) is 0 Å². The fraction of sp³-hybridized carbons (Fsp3) is 0. The van der Waals surface area contributed by atoms with Gasteiger partial charge in [0.25, 0.3) is 0 Å². The van der Waals surface area contributed by atoms with Gasteiger partial charge < -0.3 is 4.84 Å². The average molecular weight is 139 g/mol. The molecular weight excluding hydrogens is 134 g/mol. The van der Waals surface area contributed by atoms with Gasteiger partial charge in [0.05, 0.1) is 12.4 Å². The van der Waals surface area contributed by atoms with E-state index in [2.05, 4.69) is 21.7 Å². The zero-order valence-electron chi connectivity index (χ0n) is 5.10. The standard InChI is InChI=1S/C5H5N3O2/c1-2-5(9)10-8-4-3-6-7-8/h2-4H,1H2. The molecule has 5 nitrogen and oxygen atoms in total. The maximum atomic E-state index is 10.5. The summed E-state index contributed by atoms with van der Waals surface area (Å²) >= 11 is 0. The zero-order chi connectivity index (χ0) is 7.40. The number of rotatable bonds is 2. The van der Waals surface area contributed by atoms with Crippen LogP contribution in [-0.4, -0.2) is 21.1 Å². The minimum Gasteiger partial charge on any atom is -0.313 e. The van der Waals surface area contributed by atoms with Gasteiger partial charge >= 0.3 is 5.97 Å². The van der Waals surface area contributed by atoms with Crippen LogP contribution in [0.25, 0.3) is 0 Å². The highest BCUT2D eigenvalue weighted by atomic mass is 16.7. The molecule has 0 bridgehead atoms. The summed E-state index contributed by atoms with van der Waals surface area (Å²) in [7, 11) is 0. The van der Waals surface area contributed by atoms with Crippen LogP contribution in [0.2, 0.25) is 0 Å². The van der Waals surface area contributed by atoms with Crippen LogP contribution >= 0.6 is 0 Å². The Labute approximate surface area is 56.9 Å². The Morgan fingerprint density at radius 2 is 2.60 bits per heavy atom. The van der Waals surface area contributed by atoms with Crippen molar-refractivity contribution in [2.75, 3.05) is 0 Å². The summed E-state index contributed by atoms with van der Waals surface area (Å²) in [5.41, 5.74) is 0. The van der Waals surface area contributed by atoms with E-state index in [9.17, 15) is 4.79 Å². The Bertz CT molecular complexity index is 229. The molecule has 0 amide bonds. The van der Waals surface area contributed by atoms with Crippen LogP contribution in [0.3, 0.4) is 0 Å². The molecule has 1 aromatic rings. The summed E-state index contributed by atoms with van der Waals surface area (Å²) in [6.45, 7) is 3.21. The fourth-order valence-corrected chi connectivity index (χ4v) is 0.376. The Balaban J connectivity index is 2.56. The second-order valence-electron chi connectivity index (χ2n) is 1.42. The van der Waals surface area contributed by atoms with Crippen LogP contribution in [-0.2, 0) is 4.79 Å². The van der Waals surface area contributed by atoms with E-state index in [1.807, 2.05) is 0 Å². The van der Waals surface area contributed by atoms with Gasteiger partial charge in [-0.05, 0) is 5.21 Å². The fourth-order valence-electron chi connectivity index (χ4n) is 0.376. The summed E-state index contributed by atoms with van der Waals surface area (Å²) in [6, 6.07) is 0. The predicted octanol–water partition coefficient (Wildman–Crippen LogP) is -0.581. The van der Waals surface area contributed by atoms with Gasteiger partial charge in [0.15, 0.2) is 0 Å². The maximum absolute atomic E-state index is 10.5. The molecule has 1 heterocycles. The highest BCUT2D eigenvalue weighted by Crippen LogP contribution is 1.76. The molecule has 1 aromatic heterocycles. The monoisotopic (exact) mass is 139 g/mol. The molecule has 5 heteroatoms.